The Labute approximate surface area is 168 Å². The van der Waals surface area contributed by atoms with E-state index in [0.29, 0.717) is 32.4 Å². The van der Waals surface area contributed by atoms with Crippen LogP contribution in [-0.4, -0.2) is 18.0 Å². The Morgan fingerprint density at radius 3 is 2.86 bits per heavy atom. The molecule has 140 valence electrons. The van der Waals surface area contributed by atoms with Crippen LogP contribution in [0.25, 0.3) is 12.2 Å². The van der Waals surface area contributed by atoms with Gasteiger partial charge in [-0.1, -0.05) is 29.0 Å². The molecule has 0 fully saturated rings. The molecule has 2 heterocycles. The van der Waals surface area contributed by atoms with Crippen LogP contribution in [0.1, 0.15) is 4.88 Å². The van der Waals surface area contributed by atoms with Gasteiger partial charge in [0.2, 0.25) is 0 Å². The van der Waals surface area contributed by atoms with Crippen LogP contribution in [0.2, 0.25) is 5.02 Å². The number of anilines is 2. The molecule has 0 spiro atoms. The second-order valence-electron chi connectivity index (χ2n) is 5.97. The summed E-state index contributed by atoms with van der Waals surface area (Å²) < 4.78 is 5.17. The molecule has 0 bridgehead atoms. The number of methoxy groups -OCH3 is 1. The van der Waals surface area contributed by atoms with Gasteiger partial charge in [-0.05, 0) is 42.5 Å². The largest absolute Gasteiger partial charge is 0.497 e. The number of rotatable bonds is 4. The number of halogens is 1. The highest BCUT2D eigenvalue weighted by Gasteiger charge is 2.14. The Morgan fingerprint density at radius 1 is 1.21 bits per heavy atom. The van der Waals surface area contributed by atoms with E-state index < -0.39 is 0 Å². The van der Waals surface area contributed by atoms with E-state index in [9.17, 15) is 9.59 Å². The van der Waals surface area contributed by atoms with E-state index in [-0.39, 0.29) is 10.8 Å². The monoisotopic (exact) mass is 411 g/mol. The molecule has 2 aromatic carbocycles. The summed E-state index contributed by atoms with van der Waals surface area (Å²) in [5.41, 5.74) is 1.12. The molecule has 3 aromatic rings. The lowest BCUT2D eigenvalue weighted by molar-refractivity contribution is -0.114. The fraction of sp³-hybridized carbons (Fsp3) is 0.0500. The van der Waals surface area contributed by atoms with Crippen LogP contribution < -0.4 is 25.5 Å². The van der Waals surface area contributed by atoms with Gasteiger partial charge < -0.3 is 10.1 Å². The maximum absolute atomic E-state index is 12.5. The van der Waals surface area contributed by atoms with Crippen LogP contribution in [0, 0.1) is 0 Å². The fourth-order valence-corrected chi connectivity index (χ4v) is 3.70. The number of thiazole rings is 1. The normalized spacial score (nSPS) is 14.2. The summed E-state index contributed by atoms with van der Waals surface area (Å²) in [6, 6.07) is 12.5. The van der Waals surface area contributed by atoms with Gasteiger partial charge in [0, 0.05) is 27.6 Å². The first kappa shape index (κ1) is 18.2. The average Bonchev–Trinajstić information content (AvgIpc) is 3.00. The third-order valence-corrected chi connectivity index (χ3v) is 5.14. The molecule has 0 saturated carbocycles. The predicted molar refractivity (Wildman–Crippen MR) is 111 cm³/mol. The summed E-state index contributed by atoms with van der Waals surface area (Å²) in [5.74, 6) is 0.745. The zero-order chi connectivity index (χ0) is 19.7. The van der Waals surface area contributed by atoms with Gasteiger partial charge in [-0.15, -0.1) is 0 Å². The highest BCUT2D eigenvalue weighted by atomic mass is 35.5. The van der Waals surface area contributed by atoms with Gasteiger partial charge in [0.15, 0.2) is 0 Å². The molecule has 1 aliphatic rings. The number of amides is 1. The third-order valence-electron chi connectivity index (χ3n) is 4.07. The molecule has 0 atom stereocenters. The maximum atomic E-state index is 12.5. The van der Waals surface area contributed by atoms with Crippen molar-refractivity contribution in [2.45, 2.75) is 0 Å². The summed E-state index contributed by atoms with van der Waals surface area (Å²) in [7, 11) is 1.56. The van der Waals surface area contributed by atoms with Crippen molar-refractivity contribution >= 4 is 52.5 Å². The number of carbonyl (C=O) groups excluding carboxylic acids is 1. The van der Waals surface area contributed by atoms with Crippen LogP contribution in [0.15, 0.2) is 57.8 Å². The number of ether oxygens (including phenoxy) is 1. The number of nitrogens with zero attached hydrogens (tertiary/aromatic N) is 1. The first-order valence-corrected chi connectivity index (χ1v) is 9.47. The molecule has 28 heavy (non-hydrogen) atoms. The third kappa shape index (κ3) is 3.76. The van der Waals surface area contributed by atoms with Crippen molar-refractivity contribution in [3.8, 4) is 5.75 Å². The molecule has 0 unspecified atom stereocenters. The lowest BCUT2D eigenvalue weighted by Crippen LogP contribution is -2.30. The van der Waals surface area contributed by atoms with Crippen LogP contribution in [0.4, 0.5) is 11.5 Å². The lowest BCUT2D eigenvalue weighted by atomic mass is 10.1. The molecule has 6 nitrogen and oxygen atoms in total. The summed E-state index contributed by atoms with van der Waals surface area (Å²) in [6.45, 7) is 0. The molecule has 1 amide bonds. The second-order valence-corrected chi connectivity index (χ2v) is 7.43. The van der Waals surface area contributed by atoms with E-state index in [4.69, 9.17) is 16.3 Å². The van der Waals surface area contributed by atoms with Crippen LogP contribution in [-0.2, 0) is 4.79 Å². The molecule has 2 N–H and O–H groups in total. The Balaban J connectivity index is 1.74. The summed E-state index contributed by atoms with van der Waals surface area (Å²) in [4.78, 5) is 31.6. The van der Waals surface area contributed by atoms with E-state index in [1.54, 1.807) is 49.6 Å². The summed E-state index contributed by atoms with van der Waals surface area (Å²) >= 11 is 7.01. The van der Waals surface area contributed by atoms with Gasteiger partial charge in [0.05, 0.1) is 17.3 Å². The minimum Gasteiger partial charge on any atom is -0.497 e. The molecule has 0 aliphatic carbocycles. The summed E-state index contributed by atoms with van der Waals surface area (Å²) in [6.07, 6.45) is 3.39. The van der Waals surface area contributed by atoms with Crippen LogP contribution in [0.5, 0.6) is 5.75 Å². The molecule has 8 heteroatoms. The van der Waals surface area contributed by atoms with Gasteiger partial charge in [-0.2, -0.15) is 0 Å². The van der Waals surface area contributed by atoms with Crippen molar-refractivity contribution < 1.29 is 9.53 Å². The Kier molecular flexibility index (Phi) is 4.85. The molecule has 0 saturated heterocycles. The van der Waals surface area contributed by atoms with Crippen LogP contribution >= 0.6 is 22.9 Å². The van der Waals surface area contributed by atoms with Crippen molar-refractivity contribution in [2.75, 3.05) is 12.4 Å². The number of nitrogens with one attached hydrogen (secondary N) is 2. The minimum absolute atomic E-state index is 0.235. The first-order chi connectivity index (χ1) is 13.5. The Bertz CT molecular complexity index is 1290. The minimum atomic E-state index is -0.379. The van der Waals surface area contributed by atoms with E-state index >= 15 is 0 Å². The summed E-state index contributed by atoms with van der Waals surface area (Å²) in [5, 5.41) is 5.06. The number of fused-ring (bicyclic) bond motifs is 1. The van der Waals surface area contributed by atoms with Gasteiger partial charge in [-0.3, -0.25) is 14.6 Å². The van der Waals surface area contributed by atoms with E-state index in [1.807, 2.05) is 12.1 Å². The zero-order valence-corrected chi connectivity index (χ0v) is 16.2. The highest BCUT2D eigenvalue weighted by molar-refractivity contribution is 7.10. The zero-order valence-electron chi connectivity index (χ0n) is 14.7. The van der Waals surface area contributed by atoms with E-state index in [0.717, 1.165) is 22.2 Å². The number of hydrogen-bond donors (Lipinski definition) is 2. The Morgan fingerprint density at radius 2 is 2.07 bits per heavy atom. The van der Waals surface area contributed by atoms with Gasteiger partial charge in [0.25, 0.3) is 5.91 Å². The van der Waals surface area contributed by atoms with Crippen LogP contribution in [0.3, 0.4) is 0 Å². The molecule has 1 aromatic heterocycles. The number of hydrogen-bond acceptors (Lipinski definition) is 5. The van der Waals surface area contributed by atoms with Crippen molar-refractivity contribution in [3.63, 3.8) is 0 Å². The average molecular weight is 412 g/mol. The number of benzene rings is 2. The maximum Gasteiger partial charge on any atom is 0.306 e. The number of H-pyrrole nitrogens is 1. The van der Waals surface area contributed by atoms with Crippen molar-refractivity contribution in [1.29, 1.82) is 0 Å². The Hall–Kier alpha value is -3.16. The molecular weight excluding hydrogens is 398 g/mol. The topological polar surface area (TPSA) is 83.5 Å². The highest BCUT2D eigenvalue weighted by Crippen LogP contribution is 2.25. The van der Waals surface area contributed by atoms with E-state index in [1.165, 1.54) is 0 Å². The standard InChI is InChI=1S/C20H14ClN3O3S/c1-27-15-6-5-11-7-12(19(25)23-16(11)10-15)8-17-18(24-20(26)28-17)22-14-4-2-3-13(21)9-14/h2-10,22H,1H3,(H,24,26)/b12-8-. The lowest BCUT2D eigenvalue weighted by Gasteiger charge is -2.07. The number of aromatic amines is 1. The van der Waals surface area contributed by atoms with Gasteiger partial charge in [-0.25, -0.2) is 4.99 Å². The molecule has 4 rings (SSSR count). The van der Waals surface area contributed by atoms with E-state index in [2.05, 4.69) is 15.3 Å². The predicted octanol–water partition coefficient (Wildman–Crippen LogP) is 2.87. The fourth-order valence-electron chi connectivity index (χ4n) is 2.76. The SMILES string of the molecule is COc1ccc2c(c1)=NC(=O)/C(=C\c1sc(=O)[nH]c1Nc1cccc(Cl)c1)C=2. The van der Waals surface area contributed by atoms with Crippen molar-refractivity contribution in [3.05, 3.63) is 78.2 Å². The van der Waals surface area contributed by atoms with Gasteiger partial charge >= 0.3 is 4.87 Å². The molecule has 0 radical (unpaired) electrons. The first-order valence-electron chi connectivity index (χ1n) is 8.28. The molecule has 1 aliphatic heterocycles. The van der Waals surface area contributed by atoms with Gasteiger partial charge in [0.1, 0.15) is 11.6 Å². The van der Waals surface area contributed by atoms with Crippen molar-refractivity contribution in [1.82, 2.24) is 4.98 Å². The number of carbonyl (C=O) groups is 1. The smallest absolute Gasteiger partial charge is 0.306 e. The second kappa shape index (κ2) is 7.46. The van der Waals surface area contributed by atoms with Crippen molar-refractivity contribution in [2.24, 2.45) is 4.99 Å². The molecular formula is C20H14ClN3O3S. The quantitative estimate of drug-likeness (QED) is 0.646. The number of aromatic nitrogens is 1.